The molecule has 0 saturated heterocycles. The molecule has 3 atom stereocenters. The number of hydrogen-bond donors (Lipinski definition) is 0. The van der Waals surface area contributed by atoms with E-state index < -0.39 is 8.07 Å². The molecule has 0 N–H and O–H groups in total. The van der Waals surface area contributed by atoms with Gasteiger partial charge in [0, 0.05) is 39.5 Å². The van der Waals surface area contributed by atoms with Crippen LogP contribution in [0.4, 0.5) is 34.1 Å². The molecule has 54 heavy (non-hydrogen) atoms. The fourth-order valence-electron chi connectivity index (χ4n) is 10.6. The summed E-state index contributed by atoms with van der Waals surface area (Å²) in [5.41, 5.74) is 13.0. The van der Waals surface area contributed by atoms with Gasteiger partial charge in [-0.25, -0.2) is 0 Å². The third kappa shape index (κ3) is 5.21. The Labute approximate surface area is 321 Å². The van der Waals surface area contributed by atoms with Crippen molar-refractivity contribution in [3.63, 3.8) is 0 Å². The van der Waals surface area contributed by atoms with Gasteiger partial charge in [-0.15, -0.1) is 0 Å². The van der Waals surface area contributed by atoms with E-state index >= 15 is 0 Å². The lowest BCUT2D eigenvalue weighted by atomic mass is 9.64. The number of fused-ring (bicyclic) bond motifs is 5. The van der Waals surface area contributed by atoms with Gasteiger partial charge in [-0.1, -0.05) is 135 Å². The molecule has 0 aromatic heterocycles. The molecule has 3 aliphatic rings. The topological polar surface area (TPSA) is 6.48 Å². The molecule has 0 spiro atoms. The summed E-state index contributed by atoms with van der Waals surface area (Å²) in [5.74, 6) is 1.45. The van der Waals surface area contributed by atoms with Crippen LogP contribution in [0.25, 0.3) is 11.1 Å². The minimum atomic E-state index is -1.95. The number of rotatable bonds is 8. The first kappa shape index (κ1) is 33.0. The minimum Gasteiger partial charge on any atom is -0.311 e. The summed E-state index contributed by atoms with van der Waals surface area (Å²) in [4.78, 5) is 4.89. The molecule has 2 aliphatic carbocycles. The fraction of sp³-hybridized carbons (Fsp3) is 0.176. The molecule has 0 amide bonds. The van der Waals surface area contributed by atoms with Crippen molar-refractivity contribution in [1.82, 2.24) is 0 Å². The first-order valence-corrected chi connectivity index (χ1v) is 22.7. The van der Waals surface area contributed by atoms with E-state index in [9.17, 15) is 0 Å². The van der Waals surface area contributed by atoms with E-state index in [4.69, 9.17) is 0 Å². The Hall–Kier alpha value is -5.64. The molecule has 1 heterocycles. The van der Waals surface area contributed by atoms with Crippen LogP contribution in [0.3, 0.4) is 0 Å². The summed E-state index contributed by atoms with van der Waals surface area (Å²) in [6.45, 7) is 5.05. The molecule has 0 radical (unpaired) electrons. The normalized spacial score (nSPS) is 20.3. The lowest BCUT2D eigenvalue weighted by molar-refractivity contribution is 0.320. The fourth-order valence-corrected chi connectivity index (χ4v) is 14.0. The number of anilines is 6. The van der Waals surface area contributed by atoms with Gasteiger partial charge < -0.3 is 9.80 Å². The van der Waals surface area contributed by atoms with E-state index in [-0.39, 0.29) is 5.41 Å². The van der Waals surface area contributed by atoms with E-state index in [1.807, 2.05) is 0 Å². The van der Waals surface area contributed by atoms with Gasteiger partial charge in [0.25, 0.3) is 0 Å². The third-order valence-electron chi connectivity index (χ3n) is 13.0. The Bertz CT molecular complexity index is 2380. The van der Waals surface area contributed by atoms with Crippen molar-refractivity contribution in [2.24, 2.45) is 11.8 Å². The minimum absolute atomic E-state index is 0.0203. The first-order chi connectivity index (χ1) is 26.5. The smallest absolute Gasteiger partial charge is 0.116 e. The molecule has 2 bridgehead atoms. The number of para-hydroxylation sites is 3. The Morgan fingerprint density at radius 1 is 0.463 bits per heavy atom. The summed E-state index contributed by atoms with van der Waals surface area (Å²) < 4.78 is 0. The second-order valence-electron chi connectivity index (χ2n) is 16.2. The van der Waals surface area contributed by atoms with Gasteiger partial charge >= 0.3 is 0 Å². The molecule has 2 nitrogen and oxygen atoms in total. The maximum atomic E-state index is 2.52. The van der Waals surface area contributed by atoms with Crippen LogP contribution < -0.4 is 20.2 Å². The van der Waals surface area contributed by atoms with Crippen molar-refractivity contribution >= 4 is 52.6 Å². The van der Waals surface area contributed by atoms with Gasteiger partial charge in [-0.05, 0) is 130 Å². The Kier molecular flexibility index (Phi) is 7.96. The van der Waals surface area contributed by atoms with Gasteiger partial charge in [0.05, 0.1) is 0 Å². The van der Waals surface area contributed by atoms with Crippen molar-refractivity contribution in [1.29, 1.82) is 0 Å². The van der Waals surface area contributed by atoms with E-state index in [2.05, 4.69) is 205 Å². The summed E-state index contributed by atoms with van der Waals surface area (Å²) in [7, 11) is -1.95. The molecule has 3 unspecified atom stereocenters. The standard InChI is InChI=1S/C51H46N2Si/c1-54(2)49-24-13-12-21-46(49)47-22-14-23-48(50(47)54)53(43-19-10-5-11-20-43)45-33-29-39(30-34-45)51(36-37-25-26-40(51)35-37)38-27-31-44(32-28-38)52(41-15-6-3-7-16-41)42-17-8-4-9-18-42/h3-24,27-34,37,40H,25-26,35-36H2,1-2H3. The summed E-state index contributed by atoms with van der Waals surface area (Å²) >= 11 is 0. The van der Waals surface area contributed by atoms with Gasteiger partial charge in [0.1, 0.15) is 8.07 Å². The highest BCUT2D eigenvalue weighted by molar-refractivity contribution is 7.04. The average molecular weight is 715 g/mol. The molecular weight excluding hydrogens is 669 g/mol. The van der Waals surface area contributed by atoms with Crippen molar-refractivity contribution < 1.29 is 0 Å². The zero-order valence-electron chi connectivity index (χ0n) is 31.2. The highest BCUT2D eigenvalue weighted by atomic mass is 28.3. The van der Waals surface area contributed by atoms with E-state index in [0.717, 1.165) is 5.92 Å². The van der Waals surface area contributed by atoms with Crippen LogP contribution in [0.5, 0.6) is 0 Å². The largest absolute Gasteiger partial charge is 0.311 e. The summed E-state index contributed by atoms with van der Waals surface area (Å²) in [6, 6.07) is 67.9. The Morgan fingerprint density at radius 3 is 1.48 bits per heavy atom. The van der Waals surface area contributed by atoms with Gasteiger partial charge in [-0.2, -0.15) is 0 Å². The molecule has 264 valence electrons. The van der Waals surface area contributed by atoms with Crippen LogP contribution in [0.15, 0.2) is 182 Å². The highest BCUT2D eigenvalue weighted by Gasteiger charge is 2.52. The molecule has 1 aliphatic heterocycles. The number of benzene rings is 7. The van der Waals surface area contributed by atoms with E-state index in [1.165, 1.54) is 92.4 Å². The Balaban J connectivity index is 1.06. The van der Waals surface area contributed by atoms with Crippen LogP contribution >= 0.6 is 0 Å². The molecule has 10 rings (SSSR count). The molecule has 2 saturated carbocycles. The summed E-state index contributed by atoms with van der Waals surface area (Å²) in [6.07, 6.45) is 5.22. The third-order valence-corrected chi connectivity index (χ3v) is 16.5. The number of nitrogens with zero attached hydrogens (tertiary/aromatic N) is 2. The van der Waals surface area contributed by atoms with Crippen molar-refractivity contribution in [3.05, 3.63) is 193 Å². The van der Waals surface area contributed by atoms with Crippen LogP contribution in [0.2, 0.25) is 13.1 Å². The Morgan fingerprint density at radius 2 is 0.944 bits per heavy atom. The van der Waals surface area contributed by atoms with Gasteiger partial charge in [0.15, 0.2) is 0 Å². The zero-order chi connectivity index (χ0) is 36.3. The second kappa shape index (κ2) is 13.0. The van der Waals surface area contributed by atoms with Gasteiger partial charge in [-0.3, -0.25) is 0 Å². The average Bonchev–Trinajstić information content (AvgIpc) is 3.92. The summed E-state index contributed by atoms with van der Waals surface area (Å²) in [5, 5.41) is 3.07. The quantitative estimate of drug-likeness (QED) is 0.145. The monoisotopic (exact) mass is 714 g/mol. The maximum absolute atomic E-state index is 2.52. The van der Waals surface area contributed by atoms with Crippen molar-refractivity contribution in [3.8, 4) is 11.1 Å². The lowest BCUT2D eigenvalue weighted by Crippen LogP contribution is -2.50. The van der Waals surface area contributed by atoms with Crippen molar-refractivity contribution in [2.45, 2.75) is 44.2 Å². The SMILES string of the molecule is C[Si]1(C)c2ccccc2-c2cccc(N(c3ccccc3)c3ccc(C4(c5ccc(N(c6ccccc6)c6ccccc6)cc5)CC5CCC4C5)cc3)c21. The van der Waals surface area contributed by atoms with E-state index in [0.29, 0.717) is 5.92 Å². The van der Waals surface area contributed by atoms with Gasteiger partial charge in [0.2, 0.25) is 0 Å². The molecule has 7 aromatic rings. The second-order valence-corrected chi connectivity index (χ2v) is 20.5. The number of hydrogen-bond acceptors (Lipinski definition) is 2. The zero-order valence-corrected chi connectivity index (χ0v) is 32.2. The molecule has 7 aromatic carbocycles. The first-order valence-electron chi connectivity index (χ1n) is 19.7. The van der Waals surface area contributed by atoms with Crippen molar-refractivity contribution in [2.75, 3.05) is 9.80 Å². The highest BCUT2D eigenvalue weighted by Crippen LogP contribution is 2.60. The van der Waals surface area contributed by atoms with Crippen LogP contribution in [-0.4, -0.2) is 8.07 Å². The predicted octanol–water partition coefficient (Wildman–Crippen LogP) is 12.5. The van der Waals surface area contributed by atoms with E-state index in [1.54, 1.807) is 0 Å². The van der Waals surface area contributed by atoms with Crippen LogP contribution in [0.1, 0.15) is 36.8 Å². The molecule has 3 heteroatoms. The maximum Gasteiger partial charge on any atom is 0.116 e. The molecule has 2 fully saturated rings. The lowest BCUT2D eigenvalue weighted by Gasteiger charge is -2.40. The predicted molar refractivity (Wildman–Crippen MR) is 231 cm³/mol. The van der Waals surface area contributed by atoms with Crippen LogP contribution in [0, 0.1) is 11.8 Å². The van der Waals surface area contributed by atoms with Crippen LogP contribution in [-0.2, 0) is 5.41 Å². The molecular formula is C51H46N2Si.